The van der Waals surface area contributed by atoms with Crippen molar-refractivity contribution in [3.63, 3.8) is 0 Å². The Balaban J connectivity index is 1.68. The van der Waals surface area contributed by atoms with Gasteiger partial charge in [-0.2, -0.15) is 4.31 Å². The summed E-state index contributed by atoms with van der Waals surface area (Å²) in [5, 5.41) is 0. The minimum atomic E-state index is -3.45. The number of H-pyrrole nitrogens is 1. The lowest BCUT2D eigenvalue weighted by atomic mass is 9.94. The number of hydrogen-bond acceptors (Lipinski definition) is 4. The first kappa shape index (κ1) is 17.0. The fraction of sp³-hybridized carbons (Fsp3) is 0.471. The van der Waals surface area contributed by atoms with Gasteiger partial charge in [0.15, 0.2) is 0 Å². The third-order valence-corrected chi connectivity index (χ3v) is 6.67. The first-order valence-electron chi connectivity index (χ1n) is 8.14. The molecule has 1 aromatic heterocycles. The van der Waals surface area contributed by atoms with E-state index in [1.807, 2.05) is 6.20 Å². The Morgan fingerprint density at radius 3 is 2.67 bits per heavy atom. The van der Waals surface area contributed by atoms with Gasteiger partial charge in [-0.05, 0) is 49.4 Å². The number of ether oxygens (including phenoxy) is 1. The molecule has 7 heteroatoms. The minimum absolute atomic E-state index is 0.368. The number of sulfonamides is 1. The largest absolute Gasteiger partial charge is 0.497 e. The van der Waals surface area contributed by atoms with Gasteiger partial charge in [-0.1, -0.05) is 0 Å². The molecule has 6 nitrogen and oxygen atoms in total. The average Bonchev–Trinajstić information content (AvgIpc) is 3.08. The van der Waals surface area contributed by atoms with Gasteiger partial charge in [0, 0.05) is 31.9 Å². The van der Waals surface area contributed by atoms with E-state index in [-0.39, 0.29) is 0 Å². The number of rotatable bonds is 5. The summed E-state index contributed by atoms with van der Waals surface area (Å²) in [6.07, 6.45) is 6.16. The van der Waals surface area contributed by atoms with Crippen molar-refractivity contribution >= 4 is 10.0 Å². The molecule has 0 radical (unpaired) electrons. The first-order valence-corrected chi connectivity index (χ1v) is 9.58. The molecule has 0 amide bonds. The molecule has 24 heavy (non-hydrogen) atoms. The number of nitrogens with zero attached hydrogens (tertiary/aromatic N) is 2. The zero-order chi connectivity index (χ0) is 17.2. The van der Waals surface area contributed by atoms with Crippen molar-refractivity contribution in [2.45, 2.75) is 31.1 Å². The lowest BCUT2D eigenvalue weighted by Gasteiger charge is -2.31. The second-order valence-electron chi connectivity index (χ2n) is 6.22. The molecule has 2 aromatic rings. The van der Waals surface area contributed by atoms with Crippen molar-refractivity contribution in [3.8, 4) is 5.75 Å². The van der Waals surface area contributed by atoms with E-state index in [0.29, 0.717) is 35.2 Å². The number of methoxy groups -OCH3 is 1. The number of hydrogen-bond donors (Lipinski definition) is 1. The second kappa shape index (κ2) is 6.94. The number of imidazole rings is 1. The van der Waals surface area contributed by atoms with Crippen LogP contribution in [-0.2, 0) is 16.4 Å². The standard InChI is InChI=1S/C17H23N3O3S/c1-13-11-15(23-2)3-4-16(13)24(21,22)20-9-5-14(6-10-20)12-17-18-7-8-19-17/h3-4,7-8,11,14H,5-6,9-10,12H2,1-2H3,(H,18,19). The summed E-state index contributed by atoms with van der Waals surface area (Å²) in [5.41, 5.74) is 0.715. The third kappa shape index (κ3) is 3.47. The summed E-state index contributed by atoms with van der Waals surface area (Å²) in [6, 6.07) is 5.10. The van der Waals surface area contributed by atoms with Crippen LogP contribution in [0.3, 0.4) is 0 Å². The first-order chi connectivity index (χ1) is 11.5. The van der Waals surface area contributed by atoms with Crippen LogP contribution in [0.15, 0.2) is 35.5 Å². The van der Waals surface area contributed by atoms with Crippen LogP contribution in [0.2, 0.25) is 0 Å². The Labute approximate surface area is 142 Å². The molecule has 1 aliphatic rings. The van der Waals surface area contributed by atoms with Crippen LogP contribution in [0, 0.1) is 12.8 Å². The van der Waals surface area contributed by atoms with E-state index in [1.165, 1.54) is 0 Å². The van der Waals surface area contributed by atoms with Crippen molar-refractivity contribution in [1.82, 2.24) is 14.3 Å². The molecule has 3 rings (SSSR count). The summed E-state index contributed by atoms with van der Waals surface area (Å²) in [5.74, 6) is 2.12. The van der Waals surface area contributed by atoms with Gasteiger partial charge < -0.3 is 9.72 Å². The highest BCUT2D eigenvalue weighted by Gasteiger charge is 2.30. The highest BCUT2D eigenvalue weighted by molar-refractivity contribution is 7.89. The number of aromatic nitrogens is 2. The topological polar surface area (TPSA) is 75.3 Å². The fourth-order valence-electron chi connectivity index (χ4n) is 3.21. The lowest BCUT2D eigenvalue weighted by Crippen LogP contribution is -2.39. The van der Waals surface area contributed by atoms with Crippen LogP contribution in [0.1, 0.15) is 24.2 Å². The summed E-state index contributed by atoms with van der Waals surface area (Å²) in [6.45, 7) is 2.91. The van der Waals surface area contributed by atoms with E-state index < -0.39 is 10.0 Å². The Hall–Kier alpha value is -1.86. The molecular weight excluding hydrogens is 326 g/mol. The lowest BCUT2D eigenvalue weighted by molar-refractivity contribution is 0.270. The SMILES string of the molecule is COc1ccc(S(=O)(=O)N2CCC(Cc3ncc[nH]3)CC2)c(C)c1. The van der Waals surface area contributed by atoms with Crippen LogP contribution >= 0.6 is 0 Å². The average molecular weight is 349 g/mol. The maximum absolute atomic E-state index is 12.9. The molecule has 0 atom stereocenters. The van der Waals surface area contributed by atoms with E-state index in [0.717, 1.165) is 25.1 Å². The smallest absolute Gasteiger partial charge is 0.243 e. The Kier molecular flexibility index (Phi) is 4.91. The van der Waals surface area contributed by atoms with Crippen molar-refractivity contribution in [3.05, 3.63) is 42.0 Å². The fourth-order valence-corrected chi connectivity index (χ4v) is 4.89. The quantitative estimate of drug-likeness (QED) is 0.899. The Morgan fingerprint density at radius 1 is 1.33 bits per heavy atom. The summed E-state index contributed by atoms with van der Waals surface area (Å²) >= 11 is 0. The molecule has 1 N–H and O–H groups in total. The van der Waals surface area contributed by atoms with Crippen LogP contribution in [0.4, 0.5) is 0 Å². The van der Waals surface area contributed by atoms with Gasteiger partial charge >= 0.3 is 0 Å². The van der Waals surface area contributed by atoms with Gasteiger partial charge in [-0.15, -0.1) is 0 Å². The monoisotopic (exact) mass is 349 g/mol. The summed E-state index contributed by atoms with van der Waals surface area (Å²) in [7, 11) is -1.87. The second-order valence-corrected chi connectivity index (χ2v) is 8.13. The van der Waals surface area contributed by atoms with Gasteiger partial charge in [-0.25, -0.2) is 13.4 Å². The van der Waals surface area contributed by atoms with E-state index in [2.05, 4.69) is 9.97 Å². The van der Waals surface area contributed by atoms with Crippen molar-refractivity contribution in [1.29, 1.82) is 0 Å². The predicted octanol–water partition coefficient (Wildman–Crippen LogP) is 2.37. The van der Waals surface area contributed by atoms with Crippen molar-refractivity contribution in [2.75, 3.05) is 20.2 Å². The number of aryl methyl sites for hydroxylation is 1. The normalized spacial score (nSPS) is 17.1. The highest BCUT2D eigenvalue weighted by atomic mass is 32.2. The van der Waals surface area contributed by atoms with Crippen molar-refractivity contribution < 1.29 is 13.2 Å². The van der Waals surface area contributed by atoms with Gasteiger partial charge in [0.25, 0.3) is 0 Å². The van der Waals surface area contributed by atoms with Gasteiger partial charge in [0.05, 0.1) is 12.0 Å². The van der Waals surface area contributed by atoms with E-state index in [9.17, 15) is 8.42 Å². The van der Waals surface area contributed by atoms with E-state index in [1.54, 1.807) is 42.7 Å². The van der Waals surface area contributed by atoms with Gasteiger partial charge in [0.1, 0.15) is 11.6 Å². The molecule has 1 saturated heterocycles. The van der Waals surface area contributed by atoms with Gasteiger partial charge in [-0.3, -0.25) is 0 Å². The maximum atomic E-state index is 12.9. The molecule has 130 valence electrons. The van der Waals surface area contributed by atoms with Crippen LogP contribution in [-0.4, -0.2) is 42.9 Å². The van der Waals surface area contributed by atoms with E-state index in [4.69, 9.17) is 4.74 Å². The zero-order valence-electron chi connectivity index (χ0n) is 14.0. The number of piperidine rings is 1. The molecule has 0 spiro atoms. The van der Waals surface area contributed by atoms with Crippen LogP contribution in [0.25, 0.3) is 0 Å². The molecule has 1 fully saturated rings. The number of benzene rings is 1. The Bertz CT molecular complexity index is 779. The van der Waals surface area contributed by atoms with E-state index >= 15 is 0 Å². The molecule has 1 aliphatic heterocycles. The highest BCUT2D eigenvalue weighted by Crippen LogP contribution is 2.28. The third-order valence-electron chi connectivity index (χ3n) is 4.61. The molecule has 2 heterocycles. The molecular formula is C17H23N3O3S. The summed E-state index contributed by atoms with van der Waals surface area (Å²) in [4.78, 5) is 7.74. The summed E-state index contributed by atoms with van der Waals surface area (Å²) < 4.78 is 32.5. The number of aromatic amines is 1. The molecule has 0 saturated carbocycles. The van der Waals surface area contributed by atoms with Gasteiger partial charge in [0.2, 0.25) is 10.0 Å². The number of nitrogens with one attached hydrogen (secondary N) is 1. The molecule has 0 bridgehead atoms. The zero-order valence-corrected chi connectivity index (χ0v) is 14.8. The molecule has 0 aliphatic carbocycles. The predicted molar refractivity (Wildman–Crippen MR) is 91.5 cm³/mol. The minimum Gasteiger partial charge on any atom is -0.497 e. The molecule has 0 unspecified atom stereocenters. The Morgan fingerprint density at radius 2 is 2.08 bits per heavy atom. The van der Waals surface area contributed by atoms with Crippen LogP contribution in [0.5, 0.6) is 5.75 Å². The molecule has 1 aromatic carbocycles. The van der Waals surface area contributed by atoms with Crippen LogP contribution < -0.4 is 4.74 Å². The van der Waals surface area contributed by atoms with Crippen molar-refractivity contribution in [2.24, 2.45) is 5.92 Å². The maximum Gasteiger partial charge on any atom is 0.243 e.